The molecule has 0 aliphatic heterocycles. The van der Waals surface area contributed by atoms with Crippen molar-refractivity contribution in [2.75, 3.05) is 4.90 Å². The van der Waals surface area contributed by atoms with E-state index in [-0.39, 0.29) is 17.3 Å². The highest BCUT2D eigenvalue weighted by molar-refractivity contribution is 6.09. The summed E-state index contributed by atoms with van der Waals surface area (Å²) >= 11 is 0. The van der Waals surface area contributed by atoms with Crippen LogP contribution in [0.25, 0.3) is 0 Å². The van der Waals surface area contributed by atoms with E-state index >= 15 is 0 Å². The van der Waals surface area contributed by atoms with Gasteiger partial charge in [0, 0.05) is 11.7 Å². The average Bonchev–Trinajstić information content (AvgIpc) is 3.24. The van der Waals surface area contributed by atoms with Gasteiger partial charge in [0.2, 0.25) is 5.91 Å². The monoisotopic (exact) mass is 432 g/mol. The lowest BCUT2D eigenvalue weighted by molar-refractivity contribution is -0.137. The molecule has 0 radical (unpaired) electrons. The standard InChI is InChI=1S/C23H20F4N2O2/c1-2-20(30)29(19-9-5-6-16(14-19)23(25,26)27)21(15-10-12-17(24)13-11-15)22(31)28-18-7-3-4-8-18/h1,5-6,9-14,18,21H,3-4,7-8H2,(H,28,31)/t21-/m1/s1. The van der Waals surface area contributed by atoms with Crippen LogP contribution in [-0.4, -0.2) is 17.9 Å². The van der Waals surface area contributed by atoms with Crippen molar-refractivity contribution in [2.45, 2.75) is 43.9 Å². The first kappa shape index (κ1) is 22.3. The van der Waals surface area contributed by atoms with Gasteiger partial charge in [-0.2, -0.15) is 13.2 Å². The molecule has 0 bridgehead atoms. The van der Waals surface area contributed by atoms with Gasteiger partial charge in [0.1, 0.15) is 11.9 Å². The number of nitrogens with zero attached hydrogens (tertiary/aromatic N) is 1. The second-order valence-electron chi connectivity index (χ2n) is 7.31. The molecule has 0 heterocycles. The fraction of sp³-hybridized carbons (Fsp3) is 0.304. The molecule has 0 aromatic heterocycles. The summed E-state index contributed by atoms with van der Waals surface area (Å²) in [5.41, 5.74) is -0.958. The predicted molar refractivity (Wildman–Crippen MR) is 107 cm³/mol. The Kier molecular flexibility index (Phi) is 6.64. The van der Waals surface area contributed by atoms with Crippen LogP contribution < -0.4 is 10.2 Å². The van der Waals surface area contributed by atoms with Gasteiger partial charge in [-0.1, -0.05) is 31.0 Å². The van der Waals surface area contributed by atoms with Crippen LogP contribution in [0.1, 0.15) is 42.9 Å². The Morgan fingerprint density at radius 1 is 1.10 bits per heavy atom. The molecule has 162 valence electrons. The van der Waals surface area contributed by atoms with E-state index < -0.39 is 35.4 Å². The zero-order valence-electron chi connectivity index (χ0n) is 16.5. The maximum Gasteiger partial charge on any atom is 0.416 e. The molecule has 1 aliphatic rings. The minimum absolute atomic E-state index is 0.111. The van der Waals surface area contributed by atoms with Gasteiger partial charge in [-0.15, -0.1) is 6.42 Å². The summed E-state index contributed by atoms with van der Waals surface area (Å²) < 4.78 is 53.2. The van der Waals surface area contributed by atoms with Crippen LogP contribution in [0.3, 0.4) is 0 Å². The number of alkyl halides is 3. The third-order valence-corrected chi connectivity index (χ3v) is 5.19. The van der Waals surface area contributed by atoms with E-state index in [9.17, 15) is 27.2 Å². The summed E-state index contributed by atoms with van der Waals surface area (Å²) in [6, 6.07) is 7.36. The predicted octanol–water partition coefficient (Wildman–Crippen LogP) is 4.61. The molecule has 3 rings (SSSR count). The van der Waals surface area contributed by atoms with Gasteiger partial charge in [0.25, 0.3) is 0 Å². The lowest BCUT2D eigenvalue weighted by atomic mass is 10.0. The number of terminal acetylenes is 1. The van der Waals surface area contributed by atoms with E-state index in [1.807, 2.05) is 5.92 Å². The molecule has 0 saturated heterocycles. The Morgan fingerprint density at radius 3 is 2.32 bits per heavy atom. The van der Waals surface area contributed by atoms with E-state index in [0.717, 1.165) is 60.9 Å². The zero-order valence-corrected chi connectivity index (χ0v) is 16.5. The van der Waals surface area contributed by atoms with E-state index in [0.29, 0.717) is 0 Å². The van der Waals surface area contributed by atoms with E-state index in [1.165, 1.54) is 18.2 Å². The molecule has 1 aliphatic carbocycles. The Hall–Kier alpha value is -3.34. The molecule has 1 saturated carbocycles. The van der Waals surface area contributed by atoms with Gasteiger partial charge in [-0.05, 0) is 54.7 Å². The number of nitrogens with one attached hydrogen (secondary N) is 1. The van der Waals surface area contributed by atoms with E-state index in [2.05, 4.69) is 5.32 Å². The van der Waals surface area contributed by atoms with Gasteiger partial charge >= 0.3 is 12.1 Å². The number of rotatable bonds is 5. The second kappa shape index (κ2) is 9.21. The second-order valence-corrected chi connectivity index (χ2v) is 7.31. The van der Waals surface area contributed by atoms with Crippen molar-refractivity contribution in [3.63, 3.8) is 0 Å². The first-order valence-electron chi connectivity index (χ1n) is 9.73. The molecular formula is C23H20F4N2O2. The van der Waals surface area contributed by atoms with Crippen LogP contribution >= 0.6 is 0 Å². The van der Waals surface area contributed by atoms with Gasteiger partial charge in [0.15, 0.2) is 0 Å². The molecule has 4 nitrogen and oxygen atoms in total. The van der Waals surface area contributed by atoms with Crippen molar-refractivity contribution >= 4 is 17.5 Å². The topological polar surface area (TPSA) is 49.4 Å². The molecule has 0 unspecified atom stereocenters. The highest BCUT2D eigenvalue weighted by atomic mass is 19.4. The first-order valence-corrected chi connectivity index (χ1v) is 9.73. The Balaban J connectivity index is 2.09. The van der Waals surface area contributed by atoms with Crippen molar-refractivity contribution in [2.24, 2.45) is 0 Å². The molecule has 1 atom stereocenters. The lowest BCUT2D eigenvalue weighted by Crippen LogP contribution is -2.46. The van der Waals surface area contributed by atoms with Gasteiger partial charge in [0.05, 0.1) is 5.56 Å². The van der Waals surface area contributed by atoms with Crippen molar-refractivity contribution in [1.29, 1.82) is 0 Å². The summed E-state index contributed by atoms with van der Waals surface area (Å²) in [4.78, 5) is 26.7. The lowest BCUT2D eigenvalue weighted by Gasteiger charge is -2.31. The number of halogens is 4. The molecule has 1 N–H and O–H groups in total. The summed E-state index contributed by atoms with van der Waals surface area (Å²) in [5, 5.41) is 2.85. The summed E-state index contributed by atoms with van der Waals surface area (Å²) in [6.07, 6.45) is 4.02. The van der Waals surface area contributed by atoms with Crippen LogP contribution in [0.15, 0.2) is 48.5 Å². The number of carbonyl (C=O) groups excluding carboxylic acids is 2. The normalized spacial score (nSPS) is 15.2. The van der Waals surface area contributed by atoms with E-state index in [4.69, 9.17) is 6.42 Å². The fourth-order valence-electron chi connectivity index (χ4n) is 3.70. The van der Waals surface area contributed by atoms with Crippen LogP contribution in [-0.2, 0) is 15.8 Å². The Bertz CT molecular complexity index is 990. The number of anilines is 1. The zero-order chi connectivity index (χ0) is 22.6. The molecule has 2 aromatic carbocycles. The minimum atomic E-state index is -4.65. The SMILES string of the molecule is C#CC(=O)N(c1cccc(C(F)(F)F)c1)[C@@H](C(=O)NC1CCCC1)c1ccc(F)cc1. The van der Waals surface area contributed by atoms with Crippen molar-refractivity contribution in [3.8, 4) is 12.3 Å². The molecule has 2 amide bonds. The fourth-order valence-corrected chi connectivity index (χ4v) is 3.70. The number of hydrogen-bond acceptors (Lipinski definition) is 2. The number of hydrogen-bond donors (Lipinski definition) is 1. The highest BCUT2D eigenvalue weighted by Gasteiger charge is 2.36. The smallest absolute Gasteiger partial charge is 0.351 e. The maximum atomic E-state index is 13.5. The largest absolute Gasteiger partial charge is 0.416 e. The molecule has 2 aromatic rings. The molecule has 0 spiro atoms. The van der Waals surface area contributed by atoms with Gasteiger partial charge < -0.3 is 5.32 Å². The van der Waals surface area contributed by atoms with Crippen molar-refractivity contribution in [1.82, 2.24) is 5.32 Å². The third kappa shape index (κ3) is 5.23. The van der Waals surface area contributed by atoms with Crippen LogP contribution in [0.4, 0.5) is 23.2 Å². The molecule has 31 heavy (non-hydrogen) atoms. The summed E-state index contributed by atoms with van der Waals surface area (Å²) in [7, 11) is 0. The molecule has 8 heteroatoms. The number of carbonyl (C=O) groups is 2. The maximum absolute atomic E-state index is 13.5. The molecular weight excluding hydrogens is 412 g/mol. The van der Waals surface area contributed by atoms with E-state index in [1.54, 1.807) is 0 Å². The van der Waals surface area contributed by atoms with Crippen LogP contribution in [0.5, 0.6) is 0 Å². The van der Waals surface area contributed by atoms with Gasteiger partial charge in [-0.25, -0.2) is 4.39 Å². The highest BCUT2D eigenvalue weighted by Crippen LogP contribution is 2.35. The minimum Gasteiger partial charge on any atom is -0.351 e. The van der Waals surface area contributed by atoms with Crippen molar-refractivity contribution in [3.05, 3.63) is 65.5 Å². The van der Waals surface area contributed by atoms with Crippen molar-refractivity contribution < 1.29 is 27.2 Å². The van der Waals surface area contributed by atoms with Crippen LogP contribution in [0, 0.1) is 18.2 Å². The first-order chi connectivity index (χ1) is 14.7. The Morgan fingerprint density at radius 2 is 1.74 bits per heavy atom. The van der Waals surface area contributed by atoms with Crippen LogP contribution in [0.2, 0.25) is 0 Å². The summed E-state index contributed by atoms with van der Waals surface area (Å²) in [5.74, 6) is -0.267. The quantitative estimate of drug-likeness (QED) is 0.554. The number of benzene rings is 2. The van der Waals surface area contributed by atoms with Gasteiger partial charge in [-0.3, -0.25) is 14.5 Å². The third-order valence-electron chi connectivity index (χ3n) is 5.19. The Labute approximate surface area is 177 Å². The summed E-state index contributed by atoms with van der Waals surface area (Å²) in [6.45, 7) is 0. The number of amides is 2. The average molecular weight is 432 g/mol. The molecule has 1 fully saturated rings.